The molecule has 0 bridgehead atoms. The molecule has 0 fully saturated rings. The van der Waals surface area contributed by atoms with Crippen LogP contribution in [-0.2, 0) is 4.74 Å². The van der Waals surface area contributed by atoms with Gasteiger partial charge >= 0.3 is 5.97 Å². The van der Waals surface area contributed by atoms with E-state index in [1.165, 1.54) is 6.07 Å². The number of nitrogens with zero attached hydrogens (tertiary/aromatic N) is 2. The maximum Gasteiger partial charge on any atom is 0.358 e. The van der Waals surface area contributed by atoms with E-state index >= 15 is 0 Å². The molecule has 0 atom stereocenters. The van der Waals surface area contributed by atoms with E-state index in [0.29, 0.717) is 0 Å². The fourth-order valence-electron chi connectivity index (χ4n) is 1.76. The van der Waals surface area contributed by atoms with Gasteiger partial charge in [-0.3, -0.25) is 4.98 Å². The second-order valence-electron chi connectivity index (χ2n) is 4.23. The van der Waals surface area contributed by atoms with Gasteiger partial charge in [0.15, 0.2) is 5.69 Å². The van der Waals surface area contributed by atoms with Crippen molar-refractivity contribution in [2.24, 2.45) is 0 Å². The maximum atomic E-state index is 13.1. The zero-order valence-electron chi connectivity index (χ0n) is 11.4. The van der Waals surface area contributed by atoms with Crippen LogP contribution in [0, 0.1) is 0 Å². The fourth-order valence-corrected chi connectivity index (χ4v) is 2.54. The summed E-state index contributed by atoms with van der Waals surface area (Å²) in [6, 6.07) is 1.26. The Bertz CT molecular complexity index is 788. The number of anilines is 1. The van der Waals surface area contributed by atoms with Gasteiger partial charge in [0.2, 0.25) is 0 Å². The third-order valence-corrected chi connectivity index (χ3v) is 3.92. The summed E-state index contributed by atoms with van der Waals surface area (Å²) in [6.07, 6.45) is -1.91. The van der Waals surface area contributed by atoms with Crippen LogP contribution in [0.15, 0.2) is 12.3 Å². The van der Waals surface area contributed by atoms with Gasteiger partial charge in [-0.2, -0.15) is 0 Å². The van der Waals surface area contributed by atoms with Crippen LogP contribution in [0.25, 0.3) is 11.4 Å². The molecule has 122 valence electrons. The van der Waals surface area contributed by atoms with Crippen molar-refractivity contribution in [3.8, 4) is 11.4 Å². The molecule has 2 aromatic rings. The van der Waals surface area contributed by atoms with Crippen molar-refractivity contribution >= 4 is 46.5 Å². The number of nitrogen functional groups attached to an aromatic ring is 1. The summed E-state index contributed by atoms with van der Waals surface area (Å²) >= 11 is 17.5. The summed E-state index contributed by atoms with van der Waals surface area (Å²) < 4.78 is 30.6. The molecular formula is C13H8Cl3F2N3O2. The summed E-state index contributed by atoms with van der Waals surface area (Å²) in [7, 11) is 1.13. The van der Waals surface area contributed by atoms with Gasteiger partial charge in [0, 0.05) is 6.20 Å². The van der Waals surface area contributed by atoms with Gasteiger partial charge in [0.05, 0.1) is 39.1 Å². The van der Waals surface area contributed by atoms with Crippen LogP contribution in [0.3, 0.4) is 0 Å². The van der Waals surface area contributed by atoms with Gasteiger partial charge < -0.3 is 10.5 Å². The summed E-state index contributed by atoms with van der Waals surface area (Å²) in [5.74, 6) is -0.845. The molecule has 5 nitrogen and oxygen atoms in total. The largest absolute Gasteiger partial charge is 0.464 e. The number of ether oxygens (including phenoxy) is 1. The number of alkyl halides is 2. The van der Waals surface area contributed by atoms with Crippen molar-refractivity contribution in [2.75, 3.05) is 12.8 Å². The number of esters is 1. The zero-order valence-corrected chi connectivity index (χ0v) is 13.7. The van der Waals surface area contributed by atoms with E-state index in [4.69, 9.17) is 40.5 Å². The molecule has 10 heteroatoms. The lowest BCUT2D eigenvalue weighted by Gasteiger charge is -2.12. The maximum absolute atomic E-state index is 13.1. The monoisotopic (exact) mass is 381 g/mol. The first-order chi connectivity index (χ1) is 10.8. The Kier molecular flexibility index (Phi) is 5.23. The highest BCUT2D eigenvalue weighted by atomic mass is 35.5. The molecule has 2 heterocycles. The minimum atomic E-state index is -2.92. The molecule has 0 aromatic carbocycles. The highest BCUT2D eigenvalue weighted by molar-refractivity contribution is 6.38. The lowest BCUT2D eigenvalue weighted by atomic mass is 10.1. The zero-order chi connectivity index (χ0) is 17.3. The molecule has 0 radical (unpaired) electrons. The quantitative estimate of drug-likeness (QED) is 0.796. The average Bonchev–Trinajstić information content (AvgIpc) is 2.49. The van der Waals surface area contributed by atoms with Crippen LogP contribution >= 0.6 is 34.8 Å². The second kappa shape index (κ2) is 6.82. The Hall–Kier alpha value is -1.70. The number of carbonyl (C=O) groups excluding carboxylic acids is 1. The summed E-state index contributed by atoms with van der Waals surface area (Å²) in [6.45, 7) is 0. The molecule has 0 saturated heterocycles. The highest BCUT2D eigenvalue weighted by Gasteiger charge is 2.24. The molecule has 2 aromatic heterocycles. The van der Waals surface area contributed by atoms with Gasteiger partial charge in [-0.05, 0) is 6.07 Å². The normalized spacial score (nSPS) is 10.9. The van der Waals surface area contributed by atoms with E-state index in [9.17, 15) is 13.6 Å². The number of hydrogen-bond donors (Lipinski definition) is 1. The molecular weight excluding hydrogens is 375 g/mol. The first-order valence-electron chi connectivity index (χ1n) is 5.94. The van der Waals surface area contributed by atoms with E-state index < -0.39 is 23.0 Å². The molecule has 0 aliphatic heterocycles. The van der Waals surface area contributed by atoms with Crippen LogP contribution in [-0.4, -0.2) is 23.0 Å². The van der Waals surface area contributed by atoms with Gasteiger partial charge in [0.1, 0.15) is 5.69 Å². The third-order valence-electron chi connectivity index (χ3n) is 2.83. The summed E-state index contributed by atoms with van der Waals surface area (Å²) in [5.41, 5.74) is 4.69. The molecule has 0 amide bonds. The van der Waals surface area contributed by atoms with Gasteiger partial charge in [-0.15, -0.1) is 0 Å². The predicted octanol–water partition coefficient (Wildman–Crippen LogP) is 4.41. The number of halogens is 5. The molecule has 2 rings (SSSR count). The van der Waals surface area contributed by atoms with Crippen molar-refractivity contribution < 1.29 is 18.3 Å². The van der Waals surface area contributed by atoms with Gasteiger partial charge in [-0.25, -0.2) is 18.6 Å². The summed E-state index contributed by atoms with van der Waals surface area (Å²) in [5, 5.41) is -0.804. The smallest absolute Gasteiger partial charge is 0.358 e. The molecule has 0 saturated carbocycles. The fraction of sp³-hybridized carbons (Fsp3) is 0.154. The first-order valence-corrected chi connectivity index (χ1v) is 7.08. The number of methoxy groups -OCH3 is 1. The Balaban J connectivity index is 2.71. The Morgan fingerprint density at radius 2 is 1.96 bits per heavy atom. The average molecular weight is 383 g/mol. The number of aromatic nitrogens is 2. The van der Waals surface area contributed by atoms with Crippen molar-refractivity contribution in [3.05, 3.63) is 38.6 Å². The Morgan fingerprint density at radius 1 is 1.30 bits per heavy atom. The number of rotatable bonds is 3. The van der Waals surface area contributed by atoms with Crippen molar-refractivity contribution in [1.29, 1.82) is 0 Å². The molecule has 2 N–H and O–H groups in total. The third kappa shape index (κ3) is 3.31. The minimum absolute atomic E-state index is 0.0107. The Morgan fingerprint density at radius 3 is 2.52 bits per heavy atom. The van der Waals surface area contributed by atoms with Crippen LogP contribution < -0.4 is 5.73 Å². The van der Waals surface area contributed by atoms with E-state index in [1.54, 1.807) is 0 Å². The molecule has 0 unspecified atom stereocenters. The van der Waals surface area contributed by atoms with Crippen molar-refractivity contribution in [1.82, 2.24) is 9.97 Å². The Labute approximate surface area is 144 Å². The lowest BCUT2D eigenvalue weighted by Crippen LogP contribution is -2.08. The first kappa shape index (κ1) is 17.7. The van der Waals surface area contributed by atoms with Crippen LogP contribution in [0.2, 0.25) is 15.1 Å². The number of hydrogen-bond acceptors (Lipinski definition) is 5. The predicted molar refractivity (Wildman–Crippen MR) is 83.2 cm³/mol. The molecule has 23 heavy (non-hydrogen) atoms. The number of nitrogens with two attached hydrogens (primary N) is 1. The number of carbonyl (C=O) groups is 1. The topological polar surface area (TPSA) is 78.1 Å². The molecule has 0 spiro atoms. The standard InChI is InChI=1S/C13H8Cl3F2N3O2/c1-23-13(22)11-8(15)5(19)2-6(21-11)10-9(16)7(12(17)18)4(14)3-20-10/h2-3,12H,1H3,(H2,19,21). The van der Waals surface area contributed by atoms with Crippen molar-refractivity contribution in [3.63, 3.8) is 0 Å². The van der Waals surface area contributed by atoms with E-state index in [2.05, 4.69) is 14.7 Å². The molecule has 0 aliphatic carbocycles. The summed E-state index contributed by atoms with van der Waals surface area (Å²) in [4.78, 5) is 19.5. The van der Waals surface area contributed by atoms with E-state index in [0.717, 1.165) is 13.3 Å². The van der Waals surface area contributed by atoms with Crippen molar-refractivity contribution in [2.45, 2.75) is 6.43 Å². The van der Waals surface area contributed by atoms with Crippen LogP contribution in [0.5, 0.6) is 0 Å². The van der Waals surface area contributed by atoms with Crippen LogP contribution in [0.1, 0.15) is 22.5 Å². The SMILES string of the molecule is COC(=O)c1nc(-c2ncc(Cl)c(C(F)F)c2Cl)cc(N)c1Cl. The number of pyridine rings is 2. The van der Waals surface area contributed by atoms with Gasteiger partial charge in [0.25, 0.3) is 6.43 Å². The minimum Gasteiger partial charge on any atom is -0.464 e. The van der Waals surface area contributed by atoms with Gasteiger partial charge in [-0.1, -0.05) is 34.8 Å². The molecule has 0 aliphatic rings. The lowest BCUT2D eigenvalue weighted by molar-refractivity contribution is 0.0594. The van der Waals surface area contributed by atoms with Crippen LogP contribution in [0.4, 0.5) is 14.5 Å². The second-order valence-corrected chi connectivity index (χ2v) is 5.40. The van der Waals surface area contributed by atoms with E-state index in [-0.39, 0.29) is 32.8 Å². The highest BCUT2D eigenvalue weighted by Crippen LogP contribution is 2.39. The van der Waals surface area contributed by atoms with E-state index in [1.807, 2.05) is 0 Å².